The van der Waals surface area contributed by atoms with Crippen LogP contribution in [0.2, 0.25) is 0 Å². The molecule has 12 heavy (non-hydrogen) atoms. The fourth-order valence-corrected chi connectivity index (χ4v) is 1.86. The van der Waals surface area contributed by atoms with E-state index in [0.29, 0.717) is 18.3 Å². The van der Waals surface area contributed by atoms with E-state index in [0.717, 1.165) is 12.8 Å². The van der Waals surface area contributed by atoms with Crippen LogP contribution in [0.1, 0.15) is 33.1 Å². The van der Waals surface area contributed by atoms with E-state index in [1.807, 2.05) is 0 Å². The maximum absolute atomic E-state index is 10.5. The molecule has 0 amide bonds. The Kier molecular flexibility index (Phi) is 2.90. The first-order chi connectivity index (χ1) is 5.59. The van der Waals surface area contributed by atoms with Crippen molar-refractivity contribution in [1.29, 1.82) is 0 Å². The summed E-state index contributed by atoms with van der Waals surface area (Å²) in [4.78, 5) is 10.5. The number of hydrogen-bond acceptors (Lipinski definition) is 1. The number of carboxylic acids is 1. The Morgan fingerprint density at radius 3 is 2.92 bits per heavy atom. The molecular formula is C10H16O2. The van der Waals surface area contributed by atoms with Gasteiger partial charge in [0, 0.05) is 6.42 Å². The van der Waals surface area contributed by atoms with Gasteiger partial charge in [0.15, 0.2) is 0 Å². The second kappa shape index (κ2) is 3.74. The van der Waals surface area contributed by atoms with Crippen molar-refractivity contribution in [3.05, 3.63) is 11.6 Å². The summed E-state index contributed by atoms with van der Waals surface area (Å²) in [6, 6.07) is 0. The smallest absolute Gasteiger partial charge is 0.303 e. The van der Waals surface area contributed by atoms with Crippen LogP contribution in [0.15, 0.2) is 11.6 Å². The first-order valence-corrected chi connectivity index (χ1v) is 4.48. The van der Waals surface area contributed by atoms with Crippen LogP contribution < -0.4 is 0 Å². The van der Waals surface area contributed by atoms with Gasteiger partial charge in [-0.15, -0.1) is 0 Å². The third-order valence-corrected chi connectivity index (χ3v) is 2.64. The van der Waals surface area contributed by atoms with Gasteiger partial charge < -0.3 is 5.11 Å². The van der Waals surface area contributed by atoms with Gasteiger partial charge >= 0.3 is 5.97 Å². The predicted octanol–water partition coefficient (Wildman–Crippen LogP) is 2.45. The van der Waals surface area contributed by atoms with Gasteiger partial charge in [0.1, 0.15) is 0 Å². The maximum atomic E-state index is 10.5. The lowest BCUT2D eigenvalue weighted by atomic mass is 9.80. The standard InChI is InChI=1S/C10H16O2/c1-7-3-4-9(6-10(11)12)8(2)5-7/h5,8-9H,3-4,6H2,1-2H3,(H,11,12). The Morgan fingerprint density at radius 1 is 1.75 bits per heavy atom. The van der Waals surface area contributed by atoms with Crippen LogP contribution in [-0.2, 0) is 4.79 Å². The molecule has 0 aromatic rings. The summed E-state index contributed by atoms with van der Waals surface area (Å²) in [6.07, 6.45) is 4.64. The zero-order valence-corrected chi connectivity index (χ0v) is 7.71. The van der Waals surface area contributed by atoms with Gasteiger partial charge in [-0.05, 0) is 31.6 Å². The molecule has 68 valence electrons. The molecule has 0 aliphatic heterocycles. The third-order valence-electron chi connectivity index (χ3n) is 2.64. The molecule has 1 rings (SSSR count). The predicted molar refractivity (Wildman–Crippen MR) is 47.9 cm³/mol. The molecule has 0 aromatic carbocycles. The number of carboxylic acid groups (broad SMARTS) is 1. The largest absolute Gasteiger partial charge is 0.481 e. The van der Waals surface area contributed by atoms with Gasteiger partial charge in [-0.1, -0.05) is 18.6 Å². The van der Waals surface area contributed by atoms with Gasteiger partial charge in [0.25, 0.3) is 0 Å². The van der Waals surface area contributed by atoms with Crippen molar-refractivity contribution < 1.29 is 9.90 Å². The minimum absolute atomic E-state index is 0.324. The van der Waals surface area contributed by atoms with Crippen LogP contribution >= 0.6 is 0 Å². The Balaban J connectivity index is 2.53. The van der Waals surface area contributed by atoms with E-state index in [1.165, 1.54) is 5.57 Å². The molecule has 0 radical (unpaired) electrons. The van der Waals surface area contributed by atoms with Gasteiger partial charge in [0.05, 0.1) is 0 Å². The zero-order chi connectivity index (χ0) is 9.14. The number of aliphatic carboxylic acids is 1. The molecule has 2 unspecified atom stereocenters. The van der Waals surface area contributed by atoms with E-state index in [2.05, 4.69) is 19.9 Å². The van der Waals surface area contributed by atoms with Crippen molar-refractivity contribution in [2.75, 3.05) is 0 Å². The van der Waals surface area contributed by atoms with Gasteiger partial charge in [0.2, 0.25) is 0 Å². The molecule has 0 heterocycles. The molecule has 1 aliphatic carbocycles. The molecule has 1 aliphatic rings. The van der Waals surface area contributed by atoms with E-state index in [9.17, 15) is 4.79 Å². The Morgan fingerprint density at radius 2 is 2.42 bits per heavy atom. The van der Waals surface area contributed by atoms with E-state index in [4.69, 9.17) is 5.11 Å². The van der Waals surface area contributed by atoms with E-state index in [1.54, 1.807) is 0 Å². The van der Waals surface area contributed by atoms with Crippen molar-refractivity contribution in [1.82, 2.24) is 0 Å². The highest BCUT2D eigenvalue weighted by atomic mass is 16.4. The maximum Gasteiger partial charge on any atom is 0.303 e. The second-order valence-corrected chi connectivity index (χ2v) is 3.77. The Bertz CT molecular complexity index is 206. The summed E-state index contributed by atoms with van der Waals surface area (Å²) in [5, 5.41) is 8.63. The van der Waals surface area contributed by atoms with Crippen LogP contribution in [0.25, 0.3) is 0 Å². The van der Waals surface area contributed by atoms with Crippen LogP contribution in [0, 0.1) is 11.8 Å². The summed E-state index contributed by atoms with van der Waals surface area (Å²) >= 11 is 0. The van der Waals surface area contributed by atoms with Crippen LogP contribution in [0.5, 0.6) is 0 Å². The molecular weight excluding hydrogens is 152 g/mol. The molecule has 0 saturated heterocycles. The molecule has 0 aromatic heterocycles. The normalized spacial score (nSPS) is 29.7. The third kappa shape index (κ3) is 2.36. The van der Waals surface area contributed by atoms with Crippen molar-refractivity contribution in [2.45, 2.75) is 33.1 Å². The van der Waals surface area contributed by atoms with Gasteiger partial charge in [-0.2, -0.15) is 0 Å². The molecule has 0 bridgehead atoms. The minimum atomic E-state index is -0.667. The number of rotatable bonds is 2. The van der Waals surface area contributed by atoms with E-state index in [-0.39, 0.29) is 0 Å². The lowest BCUT2D eigenvalue weighted by Gasteiger charge is -2.25. The van der Waals surface area contributed by atoms with Crippen molar-refractivity contribution >= 4 is 5.97 Å². The lowest BCUT2D eigenvalue weighted by Crippen LogP contribution is -2.18. The number of hydrogen-bond donors (Lipinski definition) is 1. The molecule has 0 spiro atoms. The SMILES string of the molecule is CC1=CC(C)C(CC(=O)O)CC1. The fourth-order valence-electron chi connectivity index (χ4n) is 1.86. The Labute approximate surface area is 73.3 Å². The minimum Gasteiger partial charge on any atom is -0.481 e. The van der Waals surface area contributed by atoms with Crippen LogP contribution in [0.4, 0.5) is 0 Å². The van der Waals surface area contributed by atoms with Crippen LogP contribution in [0.3, 0.4) is 0 Å². The highest BCUT2D eigenvalue weighted by molar-refractivity contribution is 5.67. The average molecular weight is 168 g/mol. The first-order valence-electron chi connectivity index (χ1n) is 4.48. The van der Waals surface area contributed by atoms with E-state index >= 15 is 0 Å². The summed E-state index contributed by atoms with van der Waals surface area (Å²) < 4.78 is 0. The molecule has 2 nitrogen and oxygen atoms in total. The second-order valence-electron chi connectivity index (χ2n) is 3.77. The highest BCUT2D eigenvalue weighted by Crippen LogP contribution is 2.30. The average Bonchev–Trinajstić information content (AvgIpc) is 1.94. The molecule has 0 saturated carbocycles. The monoisotopic (exact) mass is 168 g/mol. The number of allylic oxidation sites excluding steroid dienone is 2. The van der Waals surface area contributed by atoms with Gasteiger partial charge in [-0.3, -0.25) is 4.79 Å². The van der Waals surface area contributed by atoms with Crippen LogP contribution in [-0.4, -0.2) is 11.1 Å². The Hall–Kier alpha value is -0.790. The summed E-state index contributed by atoms with van der Waals surface area (Å²) in [7, 11) is 0. The van der Waals surface area contributed by atoms with Crippen molar-refractivity contribution in [3.63, 3.8) is 0 Å². The summed E-state index contributed by atoms with van der Waals surface area (Å²) in [5.74, 6) is 0.126. The summed E-state index contributed by atoms with van der Waals surface area (Å²) in [6.45, 7) is 4.23. The lowest BCUT2D eigenvalue weighted by molar-refractivity contribution is -0.138. The highest BCUT2D eigenvalue weighted by Gasteiger charge is 2.21. The zero-order valence-electron chi connectivity index (χ0n) is 7.71. The topological polar surface area (TPSA) is 37.3 Å². The number of carbonyl (C=O) groups is 1. The molecule has 2 atom stereocenters. The van der Waals surface area contributed by atoms with Crippen molar-refractivity contribution in [3.8, 4) is 0 Å². The molecule has 1 N–H and O–H groups in total. The van der Waals surface area contributed by atoms with Gasteiger partial charge in [-0.25, -0.2) is 0 Å². The summed E-state index contributed by atoms with van der Waals surface area (Å²) in [5.41, 5.74) is 1.41. The fraction of sp³-hybridized carbons (Fsp3) is 0.700. The van der Waals surface area contributed by atoms with Crippen molar-refractivity contribution in [2.24, 2.45) is 11.8 Å². The first kappa shape index (κ1) is 9.30. The van der Waals surface area contributed by atoms with E-state index < -0.39 is 5.97 Å². The molecule has 0 fully saturated rings. The quantitative estimate of drug-likeness (QED) is 0.643. The molecule has 2 heteroatoms.